The van der Waals surface area contributed by atoms with Crippen molar-refractivity contribution in [1.82, 2.24) is 4.98 Å². The fourth-order valence-corrected chi connectivity index (χ4v) is 2.34. The van der Waals surface area contributed by atoms with E-state index >= 15 is 0 Å². The second kappa shape index (κ2) is 5.53. The number of para-hydroxylation sites is 1. The van der Waals surface area contributed by atoms with Crippen molar-refractivity contribution >= 4 is 16.6 Å². The summed E-state index contributed by atoms with van der Waals surface area (Å²) < 4.78 is 0. The van der Waals surface area contributed by atoms with Crippen molar-refractivity contribution in [3.63, 3.8) is 0 Å². The van der Waals surface area contributed by atoms with Gasteiger partial charge in [-0.3, -0.25) is 4.98 Å². The predicted octanol–water partition coefficient (Wildman–Crippen LogP) is 3.14. The molecule has 0 fully saturated rings. The van der Waals surface area contributed by atoms with Crippen LogP contribution in [0.1, 0.15) is 11.1 Å². The van der Waals surface area contributed by atoms with Crippen molar-refractivity contribution < 1.29 is 0 Å². The lowest BCUT2D eigenvalue weighted by atomic mass is 9.99. The number of hydrazone groups is 1. The van der Waals surface area contributed by atoms with Gasteiger partial charge >= 0.3 is 0 Å². The molecule has 0 saturated carbocycles. The smallest absolute Gasteiger partial charge is 0.0716 e. The van der Waals surface area contributed by atoms with Crippen molar-refractivity contribution in [2.24, 2.45) is 10.9 Å². The molecule has 3 aromatic rings. The summed E-state index contributed by atoms with van der Waals surface area (Å²) in [5.41, 5.74) is 4.11. The third-order valence-corrected chi connectivity index (χ3v) is 3.36. The first kappa shape index (κ1) is 12.4. The van der Waals surface area contributed by atoms with Crippen molar-refractivity contribution in [3.05, 3.63) is 78.0 Å². The molecule has 0 amide bonds. The van der Waals surface area contributed by atoms with Crippen molar-refractivity contribution in [2.75, 3.05) is 0 Å². The van der Waals surface area contributed by atoms with Crippen LogP contribution in [-0.4, -0.2) is 10.7 Å². The van der Waals surface area contributed by atoms with Crippen LogP contribution in [0.5, 0.6) is 0 Å². The molecule has 0 radical (unpaired) electrons. The molecule has 0 bridgehead atoms. The zero-order valence-corrected chi connectivity index (χ0v) is 11.0. The van der Waals surface area contributed by atoms with Crippen LogP contribution in [0.15, 0.2) is 72.0 Å². The highest BCUT2D eigenvalue weighted by Gasteiger charge is 2.07. The van der Waals surface area contributed by atoms with Gasteiger partial charge in [-0.25, -0.2) is 0 Å². The highest BCUT2D eigenvalue weighted by atomic mass is 15.1. The topological polar surface area (TPSA) is 51.3 Å². The summed E-state index contributed by atoms with van der Waals surface area (Å²) in [6, 6.07) is 20.2. The molecule has 0 unspecified atom stereocenters. The van der Waals surface area contributed by atoms with Crippen molar-refractivity contribution in [2.45, 2.75) is 6.42 Å². The van der Waals surface area contributed by atoms with Crippen LogP contribution in [0.3, 0.4) is 0 Å². The Morgan fingerprint density at radius 1 is 0.950 bits per heavy atom. The standard InChI is InChI=1S/C17H15N3/c18-20-17(13-6-2-1-3-7-13)12-14-10-11-19-16-9-5-4-8-15(14)16/h1-11H,12,18H2. The van der Waals surface area contributed by atoms with Crippen LogP contribution in [0.4, 0.5) is 0 Å². The van der Waals surface area contributed by atoms with Gasteiger partial charge in [0.2, 0.25) is 0 Å². The Labute approximate surface area is 117 Å². The molecule has 1 aromatic heterocycles. The number of nitrogens with two attached hydrogens (primary N) is 1. The largest absolute Gasteiger partial charge is 0.323 e. The molecular weight excluding hydrogens is 246 g/mol. The SMILES string of the molecule is NN=C(Cc1ccnc2ccccc12)c1ccccc1. The third-order valence-electron chi connectivity index (χ3n) is 3.36. The summed E-state index contributed by atoms with van der Waals surface area (Å²) in [7, 11) is 0. The van der Waals surface area contributed by atoms with Gasteiger partial charge in [0.25, 0.3) is 0 Å². The highest BCUT2D eigenvalue weighted by molar-refractivity contribution is 6.03. The van der Waals surface area contributed by atoms with E-state index in [1.54, 1.807) is 0 Å². The van der Waals surface area contributed by atoms with Gasteiger partial charge in [-0.2, -0.15) is 5.10 Å². The second-order valence-corrected chi connectivity index (χ2v) is 4.61. The summed E-state index contributed by atoms with van der Waals surface area (Å²) in [5, 5.41) is 5.10. The van der Waals surface area contributed by atoms with E-state index in [0.717, 1.165) is 22.2 Å². The Hall–Kier alpha value is -2.68. The van der Waals surface area contributed by atoms with E-state index in [1.807, 2.05) is 60.8 Å². The second-order valence-electron chi connectivity index (χ2n) is 4.61. The molecule has 2 N–H and O–H groups in total. The van der Waals surface area contributed by atoms with E-state index in [2.05, 4.69) is 16.2 Å². The molecule has 0 saturated heterocycles. The molecule has 2 aromatic carbocycles. The Kier molecular flexibility index (Phi) is 3.42. The molecule has 0 aliphatic rings. The number of aromatic nitrogens is 1. The van der Waals surface area contributed by atoms with Crippen molar-refractivity contribution in [1.29, 1.82) is 0 Å². The average Bonchev–Trinajstić information content (AvgIpc) is 2.53. The molecule has 98 valence electrons. The van der Waals surface area contributed by atoms with E-state index in [4.69, 9.17) is 5.84 Å². The molecule has 0 aliphatic carbocycles. The monoisotopic (exact) mass is 261 g/mol. The van der Waals surface area contributed by atoms with E-state index in [0.29, 0.717) is 6.42 Å². The maximum absolute atomic E-state index is 5.57. The minimum Gasteiger partial charge on any atom is -0.323 e. The lowest BCUT2D eigenvalue weighted by Gasteiger charge is -2.08. The van der Waals surface area contributed by atoms with Crippen LogP contribution < -0.4 is 5.84 Å². The Balaban J connectivity index is 2.01. The van der Waals surface area contributed by atoms with E-state index in [1.165, 1.54) is 5.56 Å². The zero-order chi connectivity index (χ0) is 13.8. The molecule has 3 rings (SSSR count). The molecular formula is C17H15N3. The normalized spacial score (nSPS) is 11.7. The van der Waals surface area contributed by atoms with Crippen LogP contribution in [0.25, 0.3) is 10.9 Å². The Morgan fingerprint density at radius 3 is 2.50 bits per heavy atom. The van der Waals surface area contributed by atoms with Gasteiger partial charge in [-0.05, 0) is 23.3 Å². The fraction of sp³-hybridized carbons (Fsp3) is 0.0588. The third kappa shape index (κ3) is 2.38. The van der Waals surface area contributed by atoms with E-state index in [-0.39, 0.29) is 0 Å². The summed E-state index contributed by atoms with van der Waals surface area (Å²) in [4.78, 5) is 4.38. The maximum Gasteiger partial charge on any atom is 0.0716 e. The molecule has 0 atom stereocenters. The molecule has 1 heterocycles. The van der Waals surface area contributed by atoms with Gasteiger partial charge in [-0.1, -0.05) is 48.5 Å². The number of pyridine rings is 1. The minimum atomic E-state index is 0.698. The van der Waals surface area contributed by atoms with Gasteiger partial charge in [0.15, 0.2) is 0 Å². The molecule has 0 spiro atoms. The maximum atomic E-state index is 5.57. The quantitative estimate of drug-likeness (QED) is 0.447. The summed E-state index contributed by atoms with van der Waals surface area (Å²) in [6.45, 7) is 0. The minimum absolute atomic E-state index is 0.698. The Morgan fingerprint density at radius 2 is 1.70 bits per heavy atom. The summed E-state index contributed by atoms with van der Waals surface area (Å²) >= 11 is 0. The number of nitrogens with zero attached hydrogens (tertiary/aromatic N) is 2. The molecule has 3 heteroatoms. The summed E-state index contributed by atoms with van der Waals surface area (Å²) in [5.74, 6) is 5.57. The lowest BCUT2D eigenvalue weighted by molar-refractivity contribution is 1.19. The van der Waals surface area contributed by atoms with Gasteiger partial charge < -0.3 is 5.84 Å². The molecule has 20 heavy (non-hydrogen) atoms. The number of benzene rings is 2. The van der Waals surface area contributed by atoms with Crippen LogP contribution >= 0.6 is 0 Å². The van der Waals surface area contributed by atoms with Gasteiger partial charge in [0, 0.05) is 18.0 Å². The first-order chi connectivity index (χ1) is 9.88. The number of hydrogen-bond donors (Lipinski definition) is 1. The zero-order valence-electron chi connectivity index (χ0n) is 11.0. The average molecular weight is 261 g/mol. The predicted molar refractivity (Wildman–Crippen MR) is 82.6 cm³/mol. The van der Waals surface area contributed by atoms with Crippen LogP contribution in [0, 0.1) is 0 Å². The van der Waals surface area contributed by atoms with E-state index in [9.17, 15) is 0 Å². The summed E-state index contributed by atoms with van der Waals surface area (Å²) in [6.07, 6.45) is 2.53. The van der Waals surface area contributed by atoms with E-state index < -0.39 is 0 Å². The van der Waals surface area contributed by atoms with Crippen LogP contribution in [-0.2, 0) is 6.42 Å². The van der Waals surface area contributed by atoms with Crippen LogP contribution in [0.2, 0.25) is 0 Å². The highest BCUT2D eigenvalue weighted by Crippen LogP contribution is 2.18. The first-order valence-electron chi connectivity index (χ1n) is 6.53. The lowest BCUT2D eigenvalue weighted by Crippen LogP contribution is -2.08. The number of fused-ring (bicyclic) bond motifs is 1. The molecule has 3 nitrogen and oxygen atoms in total. The Bertz CT molecular complexity index is 743. The van der Waals surface area contributed by atoms with Gasteiger partial charge in [0.1, 0.15) is 0 Å². The van der Waals surface area contributed by atoms with Gasteiger partial charge in [0.05, 0.1) is 11.2 Å². The van der Waals surface area contributed by atoms with Crippen molar-refractivity contribution in [3.8, 4) is 0 Å². The van der Waals surface area contributed by atoms with Gasteiger partial charge in [-0.15, -0.1) is 0 Å². The number of hydrogen-bond acceptors (Lipinski definition) is 3. The molecule has 0 aliphatic heterocycles. The first-order valence-corrected chi connectivity index (χ1v) is 6.53. The fourth-order valence-electron chi connectivity index (χ4n) is 2.34. The number of rotatable bonds is 3.